The molecule has 0 saturated heterocycles. The maximum atomic E-state index is 12.1. The van der Waals surface area contributed by atoms with Crippen LogP contribution in [0, 0.1) is 0 Å². The van der Waals surface area contributed by atoms with Crippen molar-refractivity contribution in [2.45, 2.75) is 18.0 Å². The number of aromatic nitrogens is 2. The number of benzene rings is 1. The number of aliphatic hydroxyl groups excluding tert-OH is 1. The molecule has 0 atom stereocenters. The summed E-state index contributed by atoms with van der Waals surface area (Å²) in [4.78, 5) is 6.52. The first kappa shape index (κ1) is 14.0. The van der Waals surface area contributed by atoms with Crippen LogP contribution >= 0.6 is 11.6 Å². The second-order valence-electron chi connectivity index (χ2n) is 3.82. The van der Waals surface area contributed by atoms with Crippen molar-refractivity contribution >= 4 is 21.6 Å². The van der Waals surface area contributed by atoms with Crippen molar-refractivity contribution in [3.63, 3.8) is 0 Å². The van der Waals surface area contributed by atoms with Gasteiger partial charge in [0.25, 0.3) is 0 Å². The summed E-state index contributed by atoms with van der Waals surface area (Å²) in [5.74, 6) is 0. The highest BCUT2D eigenvalue weighted by Gasteiger charge is 2.18. The van der Waals surface area contributed by atoms with Crippen LogP contribution in [0.3, 0.4) is 0 Å². The van der Waals surface area contributed by atoms with Gasteiger partial charge in [0.2, 0.25) is 10.0 Å². The van der Waals surface area contributed by atoms with Gasteiger partial charge in [-0.1, -0.05) is 17.7 Å². The fraction of sp³-hybridized carbons (Fsp3) is 0.182. The minimum absolute atomic E-state index is 0.0553. The number of rotatable bonds is 5. The molecule has 6 nitrogen and oxygen atoms in total. The molecule has 1 aromatic heterocycles. The number of sulfonamides is 1. The van der Waals surface area contributed by atoms with Crippen LogP contribution in [-0.4, -0.2) is 23.5 Å². The lowest BCUT2D eigenvalue weighted by Crippen LogP contribution is -2.23. The van der Waals surface area contributed by atoms with Crippen LogP contribution < -0.4 is 4.72 Å². The molecule has 0 unspecified atom stereocenters. The van der Waals surface area contributed by atoms with Crippen molar-refractivity contribution in [3.8, 4) is 0 Å². The van der Waals surface area contributed by atoms with Crippen molar-refractivity contribution in [2.75, 3.05) is 0 Å². The molecule has 8 heteroatoms. The molecule has 2 rings (SSSR count). The number of nitrogens with one attached hydrogen (secondary N) is 2. The standard InChI is InChI=1S/C11H12ClN3O3S/c12-10-2-1-8(6-16)3-11(10)19(17,18)15-5-9-4-13-7-14-9/h1-4,7,15-16H,5-6H2,(H,13,14). The number of aliphatic hydroxyl groups is 1. The molecule has 102 valence electrons. The van der Waals surface area contributed by atoms with Crippen LogP contribution in [0.4, 0.5) is 0 Å². The number of aromatic amines is 1. The van der Waals surface area contributed by atoms with Gasteiger partial charge in [-0.25, -0.2) is 18.1 Å². The first-order valence-corrected chi connectivity index (χ1v) is 7.25. The topological polar surface area (TPSA) is 95.1 Å². The normalized spacial score (nSPS) is 11.7. The van der Waals surface area contributed by atoms with E-state index < -0.39 is 10.0 Å². The number of nitrogens with zero attached hydrogens (tertiary/aromatic N) is 1. The molecule has 0 saturated carbocycles. The average Bonchev–Trinajstić information content (AvgIpc) is 2.90. The molecule has 0 radical (unpaired) electrons. The van der Waals surface area contributed by atoms with E-state index in [1.54, 1.807) is 6.07 Å². The van der Waals surface area contributed by atoms with E-state index in [-0.39, 0.29) is 23.1 Å². The lowest BCUT2D eigenvalue weighted by molar-refractivity contribution is 0.281. The summed E-state index contributed by atoms with van der Waals surface area (Å²) >= 11 is 5.88. The first-order valence-electron chi connectivity index (χ1n) is 5.39. The maximum absolute atomic E-state index is 12.1. The average molecular weight is 302 g/mol. The molecule has 19 heavy (non-hydrogen) atoms. The largest absolute Gasteiger partial charge is 0.392 e. The third-order valence-electron chi connectivity index (χ3n) is 2.48. The maximum Gasteiger partial charge on any atom is 0.242 e. The van der Waals surface area contributed by atoms with Gasteiger partial charge in [0.15, 0.2) is 0 Å². The van der Waals surface area contributed by atoms with E-state index in [1.807, 2.05) is 0 Å². The summed E-state index contributed by atoms with van der Waals surface area (Å²) in [7, 11) is -3.74. The Balaban J connectivity index is 2.23. The Morgan fingerprint density at radius 1 is 1.42 bits per heavy atom. The smallest absolute Gasteiger partial charge is 0.242 e. The lowest BCUT2D eigenvalue weighted by atomic mass is 10.2. The summed E-state index contributed by atoms with van der Waals surface area (Å²) in [6.07, 6.45) is 2.98. The summed E-state index contributed by atoms with van der Waals surface area (Å²) in [5, 5.41) is 9.13. The molecule has 0 spiro atoms. The summed E-state index contributed by atoms with van der Waals surface area (Å²) in [6, 6.07) is 4.35. The quantitative estimate of drug-likeness (QED) is 0.769. The highest BCUT2D eigenvalue weighted by atomic mass is 35.5. The van der Waals surface area contributed by atoms with Gasteiger partial charge >= 0.3 is 0 Å². The Morgan fingerprint density at radius 2 is 2.21 bits per heavy atom. The van der Waals surface area contributed by atoms with Crippen molar-refractivity contribution in [3.05, 3.63) is 47.0 Å². The Morgan fingerprint density at radius 3 is 2.84 bits per heavy atom. The predicted molar refractivity (Wildman–Crippen MR) is 70.0 cm³/mol. The van der Waals surface area contributed by atoms with Gasteiger partial charge in [0.1, 0.15) is 4.90 Å². The molecule has 0 aliphatic rings. The molecule has 1 aromatic carbocycles. The molecule has 1 heterocycles. The van der Waals surface area contributed by atoms with Crippen LogP contribution in [-0.2, 0) is 23.2 Å². The molecule has 0 amide bonds. The molecule has 3 N–H and O–H groups in total. The van der Waals surface area contributed by atoms with E-state index in [4.69, 9.17) is 16.7 Å². The summed E-state index contributed by atoms with van der Waals surface area (Å²) in [6.45, 7) is -0.164. The second-order valence-corrected chi connectivity index (χ2v) is 5.97. The molecular formula is C11H12ClN3O3S. The van der Waals surface area contributed by atoms with Crippen molar-refractivity contribution in [2.24, 2.45) is 0 Å². The third-order valence-corrected chi connectivity index (χ3v) is 4.36. The zero-order valence-electron chi connectivity index (χ0n) is 9.80. The van der Waals surface area contributed by atoms with E-state index in [0.29, 0.717) is 11.3 Å². The van der Waals surface area contributed by atoms with Gasteiger partial charge in [0, 0.05) is 11.9 Å². The highest BCUT2D eigenvalue weighted by molar-refractivity contribution is 7.89. The molecule has 0 aliphatic heterocycles. The minimum atomic E-state index is -3.74. The first-order chi connectivity index (χ1) is 9.03. The zero-order valence-corrected chi connectivity index (χ0v) is 11.4. The lowest BCUT2D eigenvalue weighted by Gasteiger charge is -2.08. The molecule has 2 aromatic rings. The van der Waals surface area contributed by atoms with Crippen LogP contribution in [0.1, 0.15) is 11.3 Å². The Bertz CT molecular complexity index is 656. The number of hydrogen-bond donors (Lipinski definition) is 3. The Hall–Kier alpha value is -1.41. The fourth-order valence-corrected chi connectivity index (χ4v) is 3.04. The van der Waals surface area contributed by atoms with E-state index >= 15 is 0 Å². The van der Waals surface area contributed by atoms with Gasteiger partial charge in [-0.2, -0.15) is 0 Å². The van der Waals surface area contributed by atoms with Crippen molar-refractivity contribution in [1.82, 2.24) is 14.7 Å². The fourth-order valence-electron chi connectivity index (χ4n) is 1.48. The minimum Gasteiger partial charge on any atom is -0.392 e. The van der Waals surface area contributed by atoms with E-state index in [9.17, 15) is 8.42 Å². The molecular weight excluding hydrogens is 290 g/mol. The van der Waals surface area contributed by atoms with E-state index in [2.05, 4.69) is 14.7 Å². The van der Waals surface area contributed by atoms with Gasteiger partial charge in [0.05, 0.1) is 24.5 Å². The van der Waals surface area contributed by atoms with Crippen LogP contribution in [0.25, 0.3) is 0 Å². The van der Waals surface area contributed by atoms with Crippen LogP contribution in [0.2, 0.25) is 5.02 Å². The van der Waals surface area contributed by atoms with Crippen molar-refractivity contribution in [1.29, 1.82) is 0 Å². The number of imidazole rings is 1. The third kappa shape index (κ3) is 3.32. The van der Waals surface area contributed by atoms with Gasteiger partial charge in [-0.05, 0) is 17.7 Å². The summed E-state index contributed by atoms with van der Waals surface area (Å²) in [5.41, 5.74) is 1.12. The van der Waals surface area contributed by atoms with Crippen LogP contribution in [0.15, 0.2) is 35.6 Å². The van der Waals surface area contributed by atoms with Crippen molar-refractivity contribution < 1.29 is 13.5 Å². The van der Waals surface area contributed by atoms with Gasteiger partial charge in [-0.15, -0.1) is 0 Å². The predicted octanol–water partition coefficient (Wildman–Crippen LogP) is 1.03. The molecule has 0 fully saturated rings. The highest BCUT2D eigenvalue weighted by Crippen LogP contribution is 2.22. The Kier molecular flexibility index (Phi) is 4.20. The number of hydrogen-bond acceptors (Lipinski definition) is 4. The monoisotopic (exact) mass is 301 g/mol. The van der Waals surface area contributed by atoms with Crippen LogP contribution in [0.5, 0.6) is 0 Å². The van der Waals surface area contributed by atoms with E-state index in [1.165, 1.54) is 24.7 Å². The zero-order chi connectivity index (χ0) is 13.9. The second kappa shape index (κ2) is 5.70. The summed E-state index contributed by atoms with van der Waals surface area (Å²) < 4.78 is 26.6. The molecule has 0 bridgehead atoms. The van der Waals surface area contributed by atoms with E-state index in [0.717, 1.165) is 0 Å². The number of halogens is 1. The Labute approximate surface area is 115 Å². The number of H-pyrrole nitrogens is 1. The molecule has 0 aliphatic carbocycles. The van der Waals surface area contributed by atoms with Gasteiger partial charge in [-0.3, -0.25) is 0 Å². The van der Waals surface area contributed by atoms with Gasteiger partial charge < -0.3 is 10.1 Å². The SMILES string of the molecule is O=S(=O)(NCc1cnc[nH]1)c1cc(CO)ccc1Cl.